The Hall–Kier alpha value is -1.92. The Morgan fingerprint density at radius 3 is 2.56 bits per heavy atom. The molecule has 2 aromatic rings. The maximum Gasteiger partial charge on any atom is 0.323 e. The van der Waals surface area contributed by atoms with Crippen LogP contribution in [0.3, 0.4) is 0 Å². The molecule has 2 rings (SSSR count). The summed E-state index contributed by atoms with van der Waals surface area (Å²) in [4.78, 5) is 18.2. The summed E-state index contributed by atoms with van der Waals surface area (Å²) in [5.41, 5.74) is 4.34. The smallest absolute Gasteiger partial charge is 0.323 e. The molecule has 1 N–H and O–H groups in total. The van der Waals surface area contributed by atoms with E-state index in [1.54, 1.807) is 13.3 Å². The molecule has 6 heteroatoms. The summed E-state index contributed by atoms with van der Waals surface area (Å²) in [5, 5.41) is 10.4. The Balaban J connectivity index is 2.01. The van der Waals surface area contributed by atoms with Gasteiger partial charge in [0.1, 0.15) is 6.04 Å². The summed E-state index contributed by atoms with van der Waals surface area (Å²) in [6, 6.07) is 3.75. The van der Waals surface area contributed by atoms with Gasteiger partial charge < -0.3 is 14.4 Å². The molecule has 2 unspecified atom stereocenters. The minimum Gasteiger partial charge on any atom is -0.462 e. The van der Waals surface area contributed by atoms with Crippen LogP contribution in [0, 0.1) is 13.8 Å². The van der Waals surface area contributed by atoms with Crippen molar-refractivity contribution in [1.29, 1.82) is 0 Å². The third-order valence-corrected chi connectivity index (χ3v) is 4.50. The van der Waals surface area contributed by atoms with Gasteiger partial charge in [-0.1, -0.05) is 0 Å². The molecule has 138 valence electrons. The summed E-state index contributed by atoms with van der Waals surface area (Å²) < 4.78 is 7.18. The predicted octanol–water partition coefficient (Wildman–Crippen LogP) is 2.29. The number of aryl methyl sites for hydroxylation is 2. The molecule has 0 aliphatic heterocycles. The lowest BCUT2D eigenvalue weighted by atomic mass is 10.1. The van der Waals surface area contributed by atoms with E-state index in [9.17, 15) is 9.90 Å². The first-order chi connectivity index (χ1) is 11.7. The van der Waals surface area contributed by atoms with Gasteiger partial charge in [-0.2, -0.15) is 0 Å². The number of nitrogens with zero attached hydrogens (tertiary/aromatic N) is 3. The van der Waals surface area contributed by atoms with Crippen molar-refractivity contribution in [3.8, 4) is 0 Å². The van der Waals surface area contributed by atoms with Crippen LogP contribution in [-0.2, 0) is 16.1 Å². The van der Waals surface area contributed by atoms with E-state index in [1.807, 2.05) is 30.4 Å². The molecule has 0 bridgehead atoms. The van der Waals surface area contributed by atoms with E-state index in [1.165, 1.54) is 11.1 Å². The first-order valence-electron chi connectivity index (χ1n) is 8.70. The van der Waals surface area contributed by atoms with E-state index in [0.29, 0.717) is 13.1 Å². The number of ether oxygens (including phenoxy) is 1. The highest BCUT2D eigenvalue weighted by atomic mass is 16.5. The van der Waals surface area contributed by atoms with E-state index < -0.39 is 12.1 Å². The van der Waals surface area contributed by atoms with Crippen LogP contribution in [0.1, 0.15) is 31.9 Å². The van der Waals surface area contributed by atoms with Crippen molar-refractivity contribution >= 4 is 17.0 Å². The van der Waals surface area contributed by atoms with Crippen LogP contribution in [0.25, 0.3) is 11.0 Å². The molecule has 1 heterocycles. The molecule has 2 atom stereocenters. The number of hydrogen-bond donors (Lipinski definition) is 1. The number of carbonyl (C=O) groups is 1. The summed E-state index contributed by atoms with van der Waals surface area (Å²) >= 11 is 0. The minimum atomic E-state index is -0.613. The van der Waals surface area contributed by atoms with Gasteiger partial charge in [-0.3, -0.25) is 9.69 Å². The number of hydrogen-bond acceptors (Lipinski definition) is 5. The second kappa shape index (κ2) is 7.97. The Bertz CT molecular complexity index is 739. The van der Waals surface area contributed by atoms with Gasteiger partial charge in [0.15, 0.2) is 0 Å². The second-order valence-electron chi connectivity index (χ2n) is 7.08. The Morgan fingerprint density at radius 2 is 1.92 bits per heavy atom. The number of benzene rings is 1. The van der Waals surface area contributed by atoms with Gasteiger partial charge in [0.2, 0.25) is 0 Å². The Labute approximate surface area is 149 Å². The fraction of sp³-hybridized carbons (Fsp3) is 0.579. The van der Waals surface area contributed by atoms with E-state index >= 15 is 0 Å². The number of aliphatic hydroxyl groups is 1. The molecular formula is C19H29N3O3. The van der Waals surface area contributed by atoms with E-state index in [2.05, 4.69) is 31.0 Å². The zero-order valence-corrected chi connectivity index (χ0v) is 16.0. The first-order valence-corrected chi connectivity index (χ1v) is 8.70. The van der Waals surface area contributed by atoms with Crippen LogP contribution in [0.15, 0.2) is 18.5 Å². The number of fused-ring (bicyclic) bond motifs is 1. The monoisotopic (exact) mass is 347 g/mol. The van der Waals surface area contributed by atoms with Gasteiger partial charge >= 0.3 is 5.97 Å². The van der Waals surface area contributed by atoms with Crippen LogP contribution in [0.4, 0.5) is 0 Å². The van der Waals surface area contributed by atoms with Gasteiger partial charge in [-0.05, 0) is 64.9 Å². The number of rotatable bonds is 7. The van der Waals surface area contributed by atoms with E-state index in [0.717, 1.165) is 11.0 Å². The van der Waals surface area contributed by atoms with Crippen molar-refractivity contribution in [2.45, 2.75) is 59.4 Å². The molecule has 0 amide bonds. The molecule has 25 heavy (non-hydrogen) atoms. The summed E-state index contributed by atoms with van der Waals surface area (Å²) in [6.45, 7) is 10.4. The molecule has 1 aromatic heterocycles. The lowest BCUT2D eigenvalue weighted by Gasteiger charge is -2.26. The largest absolute Gasteiger partial charge is 0.462 e. The average molecular weight is 347 g/mol. The molecule has 0 saturated carbocycles. The molecule has 0 saturated heterocycles. The quantitative estimate of drug-likeness (QED) is 0.779. The van der Waals surface area contributed by atoms with Crippen LogP contribution in [-0.4, -0.2) is 57.4 Å². The van der Waals surface area contributed by atoms with Crippen molar-refractivity contribution in [2.75, 3.05) is 13.6 Å². The van der Waals surface area contributed by atoms with Crippen molar-refractivity contribution in [3.63, 3.8) is 0 Å². The summed E-state index contributed by atoms with van der Waals surface area (Å²) in [6.07, 6.45) is 0.999. The van der Waals surface area contributed by atoms with Crippen LogP contribution < -0.4 is 0 Å². The SMILES string of the molecule is Cc1cc2ncn(CC(O)CN(C)C(C)C(=O)OC(C)C)c2cc1C. The number of likely N-dealkylation sites (N-methyl/N-ethyl adjacent to an activating group) is 1. The fourth-order valence-electron chi connectivity index (χ4n) is 2.74. The molecule has 0 spiro atoms. The zero-order chi connectivity index (χ0) is 18.7. The van der Waals surface area contributed by atoms with Crippen LogP contribution in [0.5, 0.6) is 0 Å². The van der Waals surface area contributed by atoms with Crippen LogP contribution >= 0.6 is 0 Å². The third kappa shape index (κ3) is 4.80. The molecule has 0 aliphatic carbocycles. The zero-order valence-electron chi connectivity index (χ0n) is 16.0. The van der Waals surface area contributed by atoms with E-state index in [-0.39, 0.29) is 12.1 Å². The fourth-order valence-corrected chi connectivity index (χ4v) is 2.74. The van der Waals surface area contributed by atoms with Gasteiger partial charge in [0, 0.05) is 6.54 Å². The first kappa shape index (κ1) is 19.4. The van der Waals surface area contributed by atoms with Crippen LogP contribution in [0.2, 0.25) is 0 Å². The molecule has 0 radical (unpaired) electrons. The summed E-state index contributed by atoms with van der Waals surface area (Å²) in [5.74, 6) is -0.274. The van der Waals surface area contributed by atoms with Crippen molar-refractivity contribution in [1.82, 2.24) is 14.5 Å². The highest BCUT2D eigenvalue weighted by molar-refractivity contribution is 5.77. The van der Waals surface area contributed by atoms with Crippen molar-refractivity contribution in [3.05, 3.63) is 29.6 Å². The molecule has 6 nitrogen and oxygen atoms in total. The van der Waals surface area contributed by atoms with Gasteiger partial charge in [-0.15, -0.1) is 0 Å². The lowest BCUT2D eigenvalue weighted by Crippen LogP contribution is -2.43. The average Bonchev–Trinajstić information content (AvgIpc) is 2.88. The van der Waals surface area contributed by atoms with Gasteiger partial charge in [0.25, 0.3) is 0 Å². The van der Waals surface area contributed by atoms with Gasteiger partial charge in [-0.25, -0.2) is 4.98 Å². The molecular weight excluding hydrogens is 318 g/mol. The van der Waals surface area contributed by atoms with Crippen molar-refractivity contribution in [2.24, 2.45) is 0 Å². The molecule has 0 fully saturated rings. The lowest BCUT2D eigenvalue weighted by molar-refractivity contribution is -0.153. The number of aromatic nitrogens is 2. The number of aliphatic hydroxyl groups excluding tert-OH is 1. The number of esters is 1. The number of carbonyl (C=O) groups excluding carboxylic acids is 1. The highest BCUT2D eigenvalue weighted by Gasteiger charge is 2.22. The third-order valence-electron chi connectivity index (χ3n) is 4.50. The Morgan fingerprint density at radius 1 is 1.28 bits per heavy atom. The normalized spacial score (nSPS) is 14.3. The van der Waals surface area contributed by atoms with Crippen molar-refractivity contribution < 1.29 is 14.6 Å². The Kier molecular flexibility index (Phi) is 6.19. The standard InChI is InChI=1S/C19H29N3O3/c1-12(2)25-19(24)15(5)21(6)9-16(23)10-22-11-20-17-7-13(3)14(4)8-18(17)22/h7-8,11-12,15-16,23H,9-10H2,1-6H3. The van der Waals surface area contributed by atoms with Gasteiger partial charge in [0.05, 0.1) is 36.1 Å². The maximum atomic E-state index is 12.0. The highest BCUT2D eigenvalue weighted by Crippen LogP contribution is 2.18. The topological polar surface area (TPSA) is 67.6 Å². The maximum absolute atomic E-state index is 12.0. The minimum absolute atomic E-state index is 0.141. The summed E-state index contributed by atoms with van der Waals surface area (Å²) in [7, 11) is 1.81. The van der Waals surface area contributed by atoms with E-state index in [4.69, 9.17) is 4.74 Å². The second-order valence-corrected chi connectivity index (χ2v) is 7.08. The molecule has 1 aromatic carbocycles. The number of imidazole rings is 1. The predicted molar refractivity (Wildman–Crippen MR) is 98.5 cm³/mol. The molecule has 0 aliphatic rings.